The van der Waals surface area contributed by atoms with Gasteiger partial charge in [0.15, 0.2) is 0 Å². The van der Waals surface area contributed by atoms with Crippen LogP contribution in [0.15, 0.2) is 29.2 Å². The van der Waals surface area contributed by atoms with E-state index in [1.807, 2.05) is 6.92 Å². The van der Waals surface area contributed by atoms with Gasteiger partial charge in [0.05, 0.1) is 10.5 Å². The number of benzene rings is 1. The van der Waals surface area contributed by atoms with Gasteiger partial charge in [-0.3, -0.25) is 0 Å². The topological polar surface area (TPSA) is 83.5 Å². The Balaban J connectivity index is 2.88. The summed E-state index contributed by atoms with van der Waals surface area (Å²) in [6.45, 7) is 3.78. The van der Waals surface area contributed by atoms with E-state index in [4.69, 9.17) is 5.11 Å². The SMILES string of the molecule is CCCC(C)NS(=O)(=O)c1ccc(C(=O)O)cc1. The van der Waals surface area contributed by atoms with Gasteiger partial charge in [0.2, 0.25) is 10.0 Å². The minimum absolute atomic E-state index is 0.0653. The first-order chi connectivity index (χ1) is 8.36. The van der Waals surface area contributed by atoms with Gasteiger partial charge in [0.25, 0.3) is 0 Å². The van der Waals surface area contributed by atoms with Gasteiger partial charge < -0.3 is 5.11 Å². The number of nitrogens with one attached hydrogen (secondary N) is 1. The second kappa shape index (κ2) is 5.97. The fourth-order valence-electron chi connectivity index (χ4n) is 1.60. The second-order valence-electron chi connectivity index (χ2n) is 4.14. The molecule has 5 nitrogen and oxygen atoms in total. The molecule has 0 saturated carbocycles. The van der Waals surface area contributed by atoms with Crippen LogP contribution in [0.4, 0.5) is 0 Å². The number of carbonyl (C=O) groups is 1. The molecule has 18 heavy (non-hydrogen) atoms. The normalized spacial score (nSPS) is 13.2. The van der Waals surface area contributed by atoms with Gasteiger partial charge >= 0.3 is 5.97 Å². The van der Waals surface area contributed by atoms with Crippen molar-refractivity contribution in [3.63, 3.8) is 0 Å². The summed E-state index contributed by atoms with van der Waals surface area (Å²) in [5.74, 6) is -1.08. The van der Waals surface area contributed by atoms with Crippen molar-refractivity contribution in [3.8, 4) is 0 Å². The molecule has 0 bridgehead atoms. The molecule has 1 aromatic carbocycles. The van der Waals surface area contributed by atoms with Crippen molar-refractivity contribution in [1.29, 1.82) is 0 Å². The smallest absolute Gasteiger partial charge is 0.335 e. The largest absolute Gasteiger partial charge is 0.478 e. The molecule has 0 heterocycles. The first kappa shape index (κ1) is 14.7. The summed E-state index contributed by atoms with van der Waals surface area (Å²) in [6.07, 6.45) is 1.65. The molecule has 6 heteroatoms. The molecule has 0 aliphatic heterocycles. The number of hydrogen-bond acceptors (Lipinski definition) is 3. The lowest BCUT2D eigenvalue weighted by Crippen LogP contribution is -2.32. The highest BCUT2D eigenvalue weighted by molar-refractivity contribution is 7.89. The Morgan fingerprint density at radius 2 is 1.89 bits per heavy atom. The van der Waals surface area contributed by atoms with E-state index < -0.39 is 16.0 Å². The van der Waals surface area contributed by atoms with Crippen LogP contribution < -0.4 is 4.72 Å². The lowest BCUT2D eigenvalue weighted by molar-refractivity contribution is 0.0696. The average molecular weight is 271 g/mol. The molecule has 0 fully saturated rings. The molecule has 0 amide bonds. The first-order valence-electron chi connectivity index (χ1n) is 5.72. The third kappa shape index (κ3) is 3.82. The lowest BCUT2D eigenvalue weighted by Gasteiger charge is -2.13. The number of hydrogen-bond donors (Lipinski definition) is 2. The van der Waals surface area contributed by atoms with Crippen LogP contribution in [0.2, 0.25) is 0 Å². The summed E-state index contributed by atoms with van der Waals surface area (Å²) in [7, 11) is -3.57. The molecular weight excluding hydrogens is 254 g/mol. The molecule has 0 aliphatic carbocycles. The van der Waals surface area contributed by atoms with Crippen LogP contribution in [0.1, 0.15) is 37.0 Å². The van der Waals surface area contributed by atoms with E-state index in [1.54, 1.807) is 6.92 Å². The molecule has 2 N–H and O–H groups in total. The van der Waals surface area contributed by atoms with Crippen LogP contribution >= 0.6 is 0 Å². The maximum atomic E-state index is 11.9. The minimum Gasteiger partial charge on any atom is -0.478 e. The molecular formula is C12H17NO4S. The van der Waals surface area contributed by atoms with Gasteiger partial charge in [-0.25, -0.2) is 17.9 Å². The van der Waals surface area contributed by atoms with Gasteiger partial charge in [0.1, 0.15) is 0 Å². The Labute approximate surface area is 107 Å². The Bertz CT molecular complexity index is 507. The van der Waals surface area contributed by atoms with Gasteiger partial charge in [-0.15, -0.1) is 0 Å². The summed E-state index contributed by atoms with van der Waals surface area (Å²) in [6, 6.07) is 5.01. The monoisotopic (exact) mass is 271 g/mol. The summed E-state index contributed by atoms with van der Waals surface area (Å²) in [5, 5.41) is 8.73. The van der Waals surface area contributed by atoms with Crippen molar-refractivity contribution in [2.45, 2.75) is 37.6 Å². The molecule has 100 valence electrons. The molecule has 1 aromatic rings. The predicted octanol–water partition coefficient (Wildman–Crippen LogP) is 1.85. The van der Waals surface area contributed by atoms with E-state index in [0.717, 1.165) is 12.8 Å². The van der Waals surface area contributed by atoms with Gasteiger partial charge in [-0.1, -0.05) is 13.3 Å². The van der Waals surface area contributed by atoms with Crippen LogP contribution in [-0.4, -0.2) is 25.5 Å². The Morgan fingerprint density at radius 1 is 1.33 bits per heavy atom. The van der Waals surface area contributed by atoms with E-state index in [-0.39, 0.29) is 16.5 Å². The maximum absolute atomic E-state index is 11.9. The van der Waals surface area contributed by atoms with Crippen molar-refractivity contribution in [3.05, 3.63) is 29.8 Å². The first-order valence-corrected chi connectivity index (χ1v) is 7.21. The third-order valence-electron chi connectivity index (χ3n) is 2.49. The number of rotatable bonds is 6. The van der Waals surface area contributed by atoms with Crippen LogP contribution in [0, 0.1) is 0 Å². The number of carboxylic acid groups (broad SMARTS) is 1. The van der Waals surface area contributed by atoms with E-state index in [1.165, 1.54) is 24.3 Å². The summed E-state index contributed by atoms with van der Waals surface area (Å²) in [5.41, 5.74) is 0.0653. The summed E-state index contributed by atoms with van der Waals surface area (Å²) >= 11 is 0. The van der Waals surface area contributed by atoms with Crippen molar-refractivity contribution in [2.24, 2.45) is 0 Å². The van der Waals surface area contributed by atoms with Gasteiger partial charge in [-0.05, 0) is 37.6 Å². The zero-order valence-corrected chi connectivity index (χ0v) is 11.2. The molecule has 1 rings (SSSR count). The Kier molecular flexibility index (Phi) is 4.86. The zero-order valence-electron chi connectivity index (χ0n) is 10.4. The van der Waals surface area contributed by atoms with Crippen LogP contribution in [0.5, 0.6) is 0 Å². The van der Waals surface area contributed by atoms with E-state index in [9.17, 15) is 13.2 Å². The van der Waals surface area contributed by atoms with Gasteiger partial charge in [-0.2, -0.15) is 0 Å². The maximum Gasteiger partial charge on any atom is 0.335 e. The molecule has 0 aliphatic rings. The van der Waals surface area contributed by atoms with Crippen molar-refractivity contribution in [1.82, 2.24) is 4.72 Å². The van der Waals surface area contributed by atoms with E-state index in [2.05, 4.69) is 4.72 Å². The standard InChI is InChI=1S/C12H17NO4S/c1-3-4-9(2)13-18(16,17)11-7-5-10(6-8-11)12(14)15/h5-9,13H,3-4H2,1-2H3,(H,14,15). The number of aromatic carboxylic acids is 1. The average Bonchev–Trinajstić information content (AvgIpc) is 2.28. The zero-order chi connectivity index (χ0) is 13.8. The minimum atomic E-state index is -3.57. The highest BCUT2D eigenvalue weighted by Gasteiger charge is 2.17. The van der Waals surface area contributed by atoms with E-state index >= 15 is 0 Å². The molecule has 1 atom stereocenters. The van der Waals surface area contributed by atoms with Crippen LogP contribution in [0.3, 0.4) is 0 Å². The molecule has 0 spiro atoms. The van der Waals surface area contributed by atoms with Gasteiger partial charge in [0, 0.05) is 6.04 Å². The third-order valence-corrected chi connectivity index (χ3v) is 4.10. The molecule has 1 unspecified atom stereocenters. The van der Waals surface area contributed by atoms with Crippen LogP contribution in [0.25, 0.3) is 0 Å². The second-order valence-corrected chi connectivity index (χ2v) is 5.85. The van der Waals surface area contributed by atoms with Crippen molar-refractivity contribution >= 4 is 16.0 Å². The molecule has 0 aromatic heterocycles. The Morgan fingerprint density at radius 3 is 2.33 bits per heavy atom. The highest BCUT2D eigenvalue weighted by Crippen LogP contribution is 2.12. The lowest BCUT2D eigenvalue weighted by atomic mass is 10.2. The van der Waals surface area contributed by atoms with Crippen molar-refractivity contribution in [2.75, 3.05) is 0 Å². The fraction of sp³-hybridized carbons (Fsp3) is 0.417. The summed E-state index contributed by atoms with van der Waals surface area (Å²) in [4.78, 5) is 10.7. The molecule has 0 radical (unpaired) electrons. The molecule has 0 saturated heterocycles. The quantitative estimate of drug-likeness (QED) is 0.827. The van der Waals surface area contributed by atoms with Crippen LogP contribution in [-0.2, 0) is 10.0 Å². The number of carboxylic acids is 1. The Hall–Kier alpha value is -1.40. The summed E-state index contributed by atoms with van der Waals surface area (Å²) < 4.78 is 26.4. The number of sulfonamides is 1. The predicted molar refractivity (Wildman–Crippen MR) is 68.1 cm³/mol. The highest BCUT2D eigenvalue weighted by atomic mass is 32.2. The van der Waals surface area contributed by atoms with Crippen molar-refractivity contribution < 1.29 is 18.3 Å². The van der Waals surface area contributed by atoms with E-state index in [0.29, 0.717) is 0 Å². The fourth-order valence-corrected chi connectivity index (χ4v) is 2.88.